The first-order valence-corrected chi connectivity index (χ1v) is 12.1. The number of amides is 2. The van der Waals surface area contributed by atoms with E-state index < -0.39 is 18.2 Å². The Kier molecular flexibility index (Phi) is 7.00. The average Bonchev–Trinajstić information content (AvgIpc) is 3.30. The van der Waals surface area contributed by atoms with Crippen LogP contribution in [0.2, 0.25) is 0 Å². The van der Waals surface area contributed by atoms with E-state index in [1.807, 2.05) is 84.9 Å². The Morgan fingerprint density at radius 2 is 1.49 bits per heavy atom. The molecular weight excluding hydrogens is 470 g/mol. The van der Waals surface area contributed by atoms with Crippen LogP contribution in [0.15, 0.2) is 91.1 Å². The molecule has 1 aliphatic rings. The molecule has 8 nitrogen and oxygen atoms in total. The number of piperazine rings is 1. The van der Waals surface area contributed by atoms with Crippen molar-refractivity contribution in [2.45, 2.75) is 38.6 Å². The molecule has 2 atom stereocenters. The molecule has 0 spiro atoms. The van der Waals surface area contributed by atoms with Gasteiger partial charge in [0.25, 0.3) is 5.91 Å². The molecule has 8 heteroatoms. The van der Waals surface area contributed by atoms with Crippen molar-refractivity contribution < 1.29 is 24.0 Å². The van der Waals surface area contributed by atoms with Crippen molar-refractivity contribution in [1.82, 2.24) is 14.9 Å². The van der Waals surface area contributed by atoms with Gasteiger partial charge in [0, 0.05) is 18.0 Å². The quantitative estimate of drug-likeness (QED) is 0.413. The number of benzene rings is 3. The lowest BCUT2D eigenvalue weighted by Crippen LogP contribution is -2.62. The van der Waals surface area contributed by atoms with Crippen molar-refractivity contribution in [2.24, 2.45) is 0 Å². The van der Waals surface area contributed by atoms with Gasteiger partial charge in [-0.2, -0.15) is 0 Å². The van der Waals surface area contributed by atoms with Gasteiger partial charge in [-0.3, -0.25) is 19.0 Å². The van der Waals surface area contributed by atoms with Crippen molar-refractivity contribution in [3.05, 3.63) is 108 Å². The molecule has 37 heavy (non-hydrogen) atoms. The summed E-state index contributed by atoms with van der Waals surface area (Å²) in [6.45, 7) is 1.94. The second kappa shape index (κ2) is 10.7. The van der Waals surface area contributed by atoms with Gasteiger partial charge < -0.3 is 10.1 Å². The number of rotatable bonds is 7. The maximum atomic E-state index is 13.3. The van der Waals surface area contributed by atoms with Gasteiger partial charge in [0.2, 0.25) is 5.91 Å². The minimum atomic E-state index is -0.834. The number of hydroxylamine groups is 2. The van der Waals surface area contributed by atoms with Gasteiger partial charge in [-0.05, 0) is 29.7 Å². The van der Waals surface area contributed by atoms with Gasteiger partial charge in [-0.15, -0.1) is 0 Å². The van der Waals surface area contributed by atoms with Crippen LogP contribution in [0.1, 0.15) is 23.6 Å². The van der Waals surface area contributed by atoms with Crippen molar-refractivity contribution in [2.75, 3.05) is 0 Å². The first-order valence-electron chi connectivity index (χ1n) is 12.1. The van der Waals surface area contributed by atoms with Crippen LogP contribution in [-0.4, -0.2) is 39.6 Å². The first kappa shape index (κ1) is 24.3. The number of ether oxygens (including phenoxy) is 1. The lowest BCUT2D eigenvalue weighted by molar-refractivity contribution is -0.213. The van der Waals surface area contributed by atoms with E-state index in [1.54, 1.807) is 13.1 Å². The zero-order chi connectivity index (χ0) is 25.8. The molecule has 0 radical (unpaired) electrons. The first-order chi connectivity index (χ1) is 18.0. The number of hydrogen-bond donors (Lipinski definition) is 1. The molecule has 2 heterocycles. The molecule has 188 valence electrons. The van der Waals surface area contributed by atoms with E-state index >= 15 is 0 Å². The van der Waals surface area contributed by atoms with E-state index in [-0.39, 0.29) is 31.4 Å². The van der Waals surface area contributed by atoms with E-state index in [2.05, 4.69) is 5.32 Å². The summed E-state index contributed by atoms with van der Waals surface area (Å²) >= 11 is 0. The highest BCUT2D eigenvalue weighted by Gasteiger charge is 2.39. The maximum Gasteiger partial charge on any atom is 0.418 e. The molecule has 1 fully saturated rings. The van der Waals surface area contributed by atoms with Crippen LogP contribution in [-0.2, 0) is 38.8 Å². The Morgan fingerprint density at radius 1 is 0.865 bits per heavy atom. The Morgan fingerprint density at radius 3 is 2.19 bits per heavy atom. The monoisotopic (exact) mass is 497 g/mol. The van der Waals surface area contributed by atoms with Crippen molar-refractivity contribution in [3.8, 4) is 0 Å². The fourth-order valence-electron chi connectivity index (χ4n) is 4.41. The predicted molar refractivity (Wildman–Crippen MR) is 137 cm³/mol. The second-order valence-corrected chi connectivity index (χ2v) is 8.95. The standard InChI is InChI=1S/C29H27N3O5/c1-20-27(33)30-25(28(34)32(20)37-19-22-12-6-3-7-13-22)16-23-17-31(26-15-9-8-14-24(23)26)29(35)36-18-21-10-4-2-5-11-21/h2-15,17,20,25H,16,18-19H2,1H3,(H,30,33)/t20-,25+/m1/s1. The predicted octanol–water partition coefficient (Wildman–Crippen LogP) is 4.22. The molecule has 0 saturated carbocycles. The molecule has 1 N–H and O–H groups in total. The van der Waals surface area contributed by atoms with E-state index in [4.69, 9.17) is 9.57 Å². The highest BCUT2D eigenvalue weighted by Crippen LogP contribution is 2.25. The second-order valence-electron chi connectivity index (χ2n) is 8.95. The third-order valence-corrected chi connectivity index (χ3v) is 6.40. The zero-order valence-corrected chi connectivity index (χ0v) is 20.4. The van der Waals surface area contributed by atoms with Crippen LogP contribution in [0.4, 0.5) is 4.79 Å². The third kappa shape index (κ3) is 5.24. The Bertz CT molecular complexity index is 1420. The smallest absolute Gasteiger partial charge is 0.418 e. The molecular formula is C29H27N3O5. The van der Waals surface area contributed by atoms with E-state index in [0.717, 1.165) is 27.1 Å². The molecule has 0 unspecified atom stereocenters. The zero-order valence-electron chi connectivity index (χ0n) is 20.4. The number of nitrogens with zero attached hydrogens (tertiary/aromatic N) is 2. The summed E-state index contributed by atoms with van der Waals surface area (Å²) in [6.07, 6.45) is 1.35. The Labute approximate surface area is 214 Å². The van der Waals surface area contributed by atoms with E-state index in [0.29, 0.717) is 5.52 Å². The number of carbonyl (C=O) groups excluding carboxylic acids is 3. The Balaban J connectivity index is 1.34. The van der Waals surface area contributed by atoms with Gasteiger partial charge in [-0.1, -0.05) is 78.9 Å². The summed E-state index contributed by atoms with van der Waals surface area (Å²) in [4.78, 5) is 44.8. The summed E-state index contributed by atoms with van der Waals surface area (Å²) in [7, 11) is 0. The van der Waals surface area contributed by atoms with E-state index in [9.17, 15) is 14.4 Å². The molecule has 5 rings (SSSR count). The van der Waals surface area contributed by atoms with Crippen LogP contribution in [0, 0.1) is 0 Å². The van der Waals surface area contributed by atoms with Gasteiger partial charge >= 0.3 is 6.09 Å². The molecule has 0 aliphatic carbocycles. The van der Waals surface area contributed by atoms with E-state index in [1.165, 1.54) is 4.57 Å². The fourth-order valence-corrected chi connectivity index (χ4v) is 4.41. The van der Waals surface area contributed by atoms with Crippen LogP contribution in [0.5, 0.6) is 0 Å². The summed E-state index contributed by atoms with van der Waals surface area (Å²) in [5, 5.41) is 4.77. The molecule has 4 aromatic rings. The van der Waals surface area contributed by atoms with Crippen molar-refractivity contribution in [1.29, 1.82) is 0 Å². The number of para-hydroxylation sites is 1. The summed E-state index contributed by atoms with van der Waals surface area (Å²) < 4.78 is 6.97. The molecule has 1 aromatic heterocycles. The SMILES string of the molecule is C[C@@H]1C(=O)N[C@@H](Cc2cn(C(=O)OCc3ccccc3)c3ccccc23)C(=O)N1OCc1ccccc1. The van der Waals surface area contributed by atoms with Crippen LogP contribution in [0.3, 0.4) is 0 Å². The number of hydrogen-bond acceptors (Lipinski definition) is 5. The number of nitrogens with one attached hydrogen (secondary N) is 1. The normalized spacial score (nSPS) is 17.6. The number of aromatic nitrogens is 1. The topological polar surface area (TPSA) is 89.9 Å². The molecule has 0 bridgehead atoms. The molecule has 1 aliphatic heterocycles. The van der Waals surface area contributed by atoms with Gasteiger partial charge in [-0.25, -0.2) is 9.86 Å². The third-order valence-electron chi connectivity index (χ3n) is 6.40. The minimum absolute atomic E-state index is 0.143. The average molecular weight is 498 g/mol. The number of fused-ring (bicyclic) bond motifs is 1. The summed E-state index contributed by atoms with van der Waals surface area (Å²) in [5.41, 5.74) is 3.18. The van der Waals surface area contributed by atoms with Gasteiger partial charge in [0.1, 0.15) is 25.3 Å². The lowest BCUT2D eigenvalue weighted by atomic mass is 10.0. The molecule has 1 saturated heterocycles. The fraction of sp³-hybridized carbons (Fsp3) is 0.207. The largest absolute Gasteiger partial charge is 0.444 e. The maximum absolute atomic E-state index is 13.3. The molecule has 3 aromatic carbocycles. The molecule has 2 amide bonds. The summed E-state index contributed by atoms with van der Waals surface area (Å²) in [5.74, 6) is -0.643. The van der Waals surface area contributed by atoms with Crippen LogP contribution >= 0.6 is 0 Å². The van der Waals surface area contributed by atoms with Crippen molar-refractivity contribution in [3.63, 3.8) is 0 Å². The highest BCUT2D eigenvalue weighted by atomic mass is 16.7. The minimum Gasteiger partial charge on any atom is -0.444 e. The Hall–Kier alpha value is -4.43. The van der Waals surface area contributed by atoms with Crippen LogP contribution < -0.4 is 5.32 Å². The highest BCUT2D eigenvalue weighted by molar-refractivity contribution is 5.97. The van der Waals surface area contributed by atoms with Crippen LogP contribution in [0.25, 0.3) is 10.9 Å². The van der Waals surface area contributed by atoms with Gasteiger partial charge in [0.05, 0.1) is 5.52 Å². The van der Waals surface area contributed by atoms with Gasteiger partial charge in [0.15, 0.2) is 0 Å². The lowest BCUT2D eigenvalue weighted by Gasteiger charge is -2.36. The summed E-state index contributed by atoms with van der Waals surface area (Å²) in [6, 6.07) is 24.7. The number of carbonyl (C=O) groups is 3. The van der Waals surface area contributed by atoms with Crippen molar-refractivity contribution >= 4 is 28.8 Å².